The normalized spacial score (nSPS) is 14.7. The van der Waals surface area contributed by atoms with E-state index in [4.69, 9.17) is 9.47 Å². The molecule has 0 saturated heterocycles. The monoisotopic (exact) mass is 425 g/mol. The molecule has 4 aromatic rings. The Labute approximate surface area is 184 Å². The first-order chi connectivity index (χ1) is 15.6. The van der Waals surface area contributed by atoms with E-state index in [-0.39, 0.29) is 16.9 Å². The summed E-state index contributed by atoms with van der Waals surface area (Å²) in [6, 6.07) is 25.2. The fourth-order valence-electron chi connectivity index (χ4n) is 3.97. The average molecular weight is 425 g/mol. The number of fused-ring (bicyclic) bond motifs is 1. The summed E-state index contributed by atoms with van der Waals surface area (Å²) in [7, 11) is 0. The molecule has 6 heteroatoms. The second kappa shape index (κ2) is 7.83. The quantitative estimate of drug-likeness (QED) is 0.488. The molecule has 0 saturated carbocycles. The zero-order valence-corrected chi connectivity index (χ0v) is 16.9. The molecule has 2 N–H and O–H groups in total. The van der Waals surface area contributed by atoms with Crippen molar-refractivity contribution in [2.45, 2.75) is 11.9 Å². The largest absolute Gasteiger partial charge is 0.478 e. The molecule has 158 valence electrons. The Morgan fingerprint density at radius 1 is 0.812 bits per heavy atom. The molecule has 0 aliphatic carbocycles. The van der Waals surface area contributed by atoms with Crippen molar-refractivity contribution in [3.05, 3.63) is 125 Å². The van der Waals surface area contributed by atoms with E-state index in [9.17, 15) is 15.0 Å². The summed E-state index contributed by atoms with van der Waals surface area (Å²) in [5.41, 5.74) is 2.03. The minimum absolute atomic E-state index is 0.0795. The predicted molar refractivity (Wildman–Crippen MR) is 117 cm³/mol. The molecule has 0 amide bonds. The lowest BCUT2D eigenvalue weighted by molar-refractivity contribution is -0.0462. The van der Waals surface area contributed by atoms with Gasteiger partial charge < -0.3 is 19.7 Å². The zero-order chi connectivity index (χ0) is 22.1. The minimum atomic E-state index is -1.35. The van der Waals surface area contributed by atoms with E-state index in [0.29, 0.717) is 11.3 Å². The number of carboxylic acids is 1. The number of hydrogen-bond acceptors (Lipinski definition) is 5. The number of rotatable bonds is 5. The fraction of sp³-hybridized carbons (Fsp3) is 0.0769. The molecule has 0 spiro atoms. The molecule has 0 radical (unpaired) electrons. The second-order valence-corrected chi connectivity index (χ2v) is 7.40. The van der Waals surface area contributed by atoms with Crippen LogP contribution in [0, 0.1) is 0 Å². The third kappa shape index (κ3) is 3.18. The summed E-state index contributed by atoms with van der Waals surface area (Å²) in [6.07, 6.45) is 1.92. The lowest BCUT2D eigenvalue weighted by Gasteiger charge is -2.28. The SMILES string of the molecule is O=C(O)c1c(C(O)c2ccncc2)ccc2c1OC(c1ccccc1)(c1ccccc1)O2. The van der Waals surface area contributed by atoms with Gasteiger partial charge in [-0.15, -0.1) is 0 Å². The summed E-state index contributed by atoms with van der Waals surface area (Å²) >= 11 is 0. The van der Waals surface area contributed by atoms with Crippen molar-refractivity contribution in [3.8, 4) is 11.5 Å². The van der Waals surface area contributed by atoms with Gasteiger partial charge in [0.25, 0.3) is 0 Å². The lowest BCUT2D eigenvalue weighted by Crippen LogP contribution is -2.36. The van der Waals surface area contributed by atoms with Crippen molar-refractivity contribution in [2.24, 2.45) is 0 Å². The van der Waals surface area contributed by atoms with Crippen LogP contribution in [0.15, 0.2) is 97.3 Å². The van der Waals surface area contributed by atoms with Crippen LogP contribution in [-0.4, -0.2) is 21.2 Å². The highest BCUT2D eigenvalue weighted by molar-refractivity contribution is 5.94. The van der Waals surface area contributed by atoms with Gasteiger partial charge in [-0.2, -0.15) is 0 Å². The Morgan fingerprint density at radius 2 is 1.41 bits per heavy atom. The van der Waals surface area contributed by atoms with Gasteiger partial charge in [-0.05, 0) is 23.8 Å². The second-order valence-electron chi connectivity index (χ2n) is 7.40. The third-order valence-corrected chi connectivity index (χ3v) is 5.49. The summed E-state index contributed by atoms with van der Waals surface area (Å²) in [4.78, 5) is 16.3. The van der Waals surface area contributed by atoms with Gasteiger partial charge in [0.05, 0.1) is 0 Å². The van der Waals surface area contributed by atoms with E-state index < -0.39 is 17.9 Å². The number of benzene rings is 3. The maximum Gasteiger partial charge on any atom is 0.340 e. The molecule has 1 atom stereocenters. The Hall–Kier alpha value is -4.16. The van der Waals surface area contributed by atoms with Crippen LogP contribution in [0.5, 0.6) is 11.5 Å². The Morgan fingerprint density at radius 3 is 1.97 bits per heavy atom. The molecule has 32 heavy (non-hydrogen) atoms. The number of nitrogens with zero attached hydrogens (tertiary/aromatic N) is 1. The van der Waals surface area contributed by atoms with Crippen LogP contribution in [0.4, 0.5) is 0 Å². The molecule has 5 rings (SSSR count). The van der Waals surface area contributed by atoms with Crippen molar-refractivity contribution < 1.29 is 24.5 Å². The van der Waals surface area contributed by atoms with Gasteiger partial charge in [-0.25, -0.2) is 4.79 Å². The molecule has 3 aromatic carbocycles. The fourth-order valence-corrected chi connectivity index (χ4v) is 3.97. The van der Waals surface area contributed by atoms with E-state index in [1.54, 1.807) is 36.7 Å². The lowest BCUT2D eigenvalue weighted by atomic mass is 9.96. The first-order valence-electron chi connectivity index (χ1n) is 10.1. The van der Waals surface area contributed by atoms with Crippen molar-refractivity contribution in [1.29, 1.82) is 0 Å². The number of carboxylic acid groups (broad SMARTS) is 1. The van der Waals surface area contributed by atoms with Crippen LogP contribution < -0.4 is 9.47 Å². The molecule has 6 nitrogen and oxygen atoms in total. The molecule has 1 unspecified atom stereocenters. The topological polar surface area (TPSA) is 88.9 Å². The molecular weight excluding hydrogens is 406 g/mol. The Bertz CT molecular complexity index is 1220. The summed E-state index contributed by atoms with van der Waals surface area (Å²) in [5.74, 6) is -2.20. The highest BCUT2D eigenvalue weighted by Gasteiger charge is 2.47. The predicted octanol–water partition coefficient (Wildman–Crippen LogP) is 4.53. The van der Waals surface area contributed by atoms with Gasteiger partial charge in [0.1, 0.15) is 11.7 Å². The number of pyridine rings is 1. The van der Waals surface area contributed by atoms with Gasteiger partial charge in [0, 0.05) is 29.1 Å². The standard InChI is InChI=1S/C26H19NO5/c28-23(17-13-15-27-16-14-17)20-11-12-21-24(22(20)25(29)30)32-26(31-21,18-7-3-1-4-8-18)19-9-5-2-6-10-19/h1-16,23,28H,(H,29,30). The zero-order valence-electron chi connectivity index (χ0n) is 16.9. The third-order valence-electron chi connectivity index (χ3n) is 5.49. The molecule has 1 aliphatic heterocycles. The molecule has 0 bridgehead atoms. The summed E-state index contributed by atoms with van der Waals surface area (Å²) < 4.78 is 12.7. The van der Waals surface area contributed by atoms with Crippen molar-refractivity contribution in [2.75, 3.05) is 0 Å². The van der Waals surface area contributed by atoms with E-state index in [0.717, 1.165) is 11.1 Å². The highest BCUT2D eigenvalue weighted by atomic mass is 16.7. The molecule has 0 fully saturated rings. The molecular formula is C26H19NO5. The van der Waals surface area contributed by atoms with Crippen LogP contribution in [0.2, 0.25) is 0 Å². The first-order valence-corrected chi connectivity index (χ1v) is 10.1. The van der Waals surface area contributed by atoms with Crippen molar-refractivity contribution >= 4 is 5.97 Å². The Kier molecular flexibility index (Phi) is 4.84. The van der Waals surface area contributed by atoms with E-state index in [1.807, 2.05) is 60.7 Å². The van der Waals surface area contributed by atoms with Gasteiger partial charge in [0.15, 0.2) is 11.5 Å². The number of aliphatic hydroxyl groups excluding tert-OH is 1. The number of aromatic carboxylic acids is 1. The van der Waals surface area contributed by atoms with Crippen LogP contribution in [0.3, 0.4) is 0 Å². The summed E-state index contributed by atoms with van der Waals surface area (Å²) in [6.45, 7) is 0. The smallest absolute Gasteiger partial charge is 0.340 e. The van der Waals surface area contributed by atoms with E-state index in [2.05, 4.69) is 4.98 Å². The maximum atomic E-state index is 12.3. The van der Waals surface area contributed by atoms with Gasteiger partial charge in [-0.1, -0.05) is 66.7 Å². The maximum absolute atomic E-state index is 12.3. The number of aromatic nitrogens is 1. The Balaban J connectivity index is 1.68. The summed E-state index contributed by atoms with van der Waals surface area (Å²) in [5, 5.41) is 21.0. The number of ether oxygens (including phenoxy) is 2. The number of aliphatic hydroxyl groups is 1. The minimum Gasteiger partial charge on any atom is -0.478 e. The van der Waals surface area contributed by atoms with Crippen LogP contribution >= 0.6 is 0 Å². The molecule has 1 aliphatic rings. The van der Waals surface area contributed by atoms with Crippen molar-refractivity contribution in [3.63, 3.8) is 0 Å². The van der Waals surface area contributed by atoms with Gasteiger partial charge in [-0.3, -0.25) is 4.98 Å². The van der Waals surface area contributed by atoms with Crippen LogP contribution in [0.25, 0.3) is 0 Å². The van der Waals surface area contributed by atoms with Gasteiger partial charge in [0.2, 0.25) is 0 Å². The molecule has 1 aromatic heterocycles. The van der Waals surface area contributed by atoms with Crippen LogP contribution in [-0.2, 0) is 5.79 Å². The molecule has 2 heterocycles. The number of hydrogen-bond donors (Lipinski definition) is 2. The van der Waals surface area contributed by atoms with Crippen LogP contribution in [0.1, 0.15) is 38.7 Å². The average Bonchev–Trinajstić information content (AvgIpc) is 3.25. The first kappa shape index (κ1) is 19.8. The van der Waals surface area contributed by atoms with E-state index in [1.165, 1.54) is 0 Å². The highest BCUT2D eigenvalue weighted by Crippen LogP contribution is 2.51. The number of carbonyl (C=O) groups is 1. The van der Waals surface area contributed by atoms with Gasteiger partial charge >= 0.3 is 11.8 Å². The van der Waals surface area contributed by atoms with Crippen molar-refractivity contribution in [1.82, 2.24) is 4.98 Å². The van der Waals surface area contributed by atoms with E-state index >= 15 is 0 Å².